The van der Waals surface area contributed by atoms with Crippen molar-refractivity contribution in [1.82, 2.24) is 20.0 Å². The maximum Gasteiger partial charge on any atom is 0.330 e. The molecule has 1 amide bonds. The van der Waals surface area contributed by atoms with Gasteiger partial charge in [-0.1, -0.05) is 79.8 Å². The number of nitrogens with zero attached hydrogens (tertiary/aromatic N) is 1. The summed E-state index contributed by atoms with van der Waals surface area (Å²) in [5.41, 5.74) is -0.421. The van der Waals surface area contributed by atoms with E-state index in [0.717, 1.165) is 44.9 Å². The molecule has 3 atom stereocenters. The molecule has 1 aromatic rings. The summed E-state index contributed by atoms with van der Waals surface area (Å²) in [6, 6.07) is 0. The normalized spacial score (nSPS) is 18.1. The monoisotopic (exact) mass is 656 g/mol. The molecule has 3 unspecified atom stereocenters. The summed E-state index contributed by atoms with van der Waals surface area (Å²) in [7, 11) is 0.212. The number of amides is 1. The van der Waals surface area contributed by atoms with Crippen LogP contribution in [0.1, 0.15) is 82.9 Å². The van der Waals surface area contributed by atoms with Gasteiger partial charge in [0.2, 0.25) is 5.91 Å². The van der Waals surface area contributed by atoms with Crippen LogP contribution < -0.4 is 21.7 Å². The number of hydrogen-bond acceptors (Lipinski definition) is 7. The molecule has 254 valence electrons. The molecule has 0 aliphatic carbocycles. The van der Waals surface area contributed by atoms with E-state index in [2.05, 4.69) is 89.1 Å². The topological polar surface area (TPSA) is 124 Å². The Labute approximate surface area is 275 Å². The number of hydrogen-bond donors (Lipinski definition) is 3. The fourth-order valence-electron chi connectivity index (χ4n) is 4.42. The zero-order chi connectivity index (χ0) is 33.2. The first kappa shape index (κ1) is 39.0. The van der Waals surface area contributed by atoms with E-state index in [1.54, 1.807) is 14.0 Å². The fraction of sp³-hybridized carbons (Fsp3) is 0.514. The second kappa shape index (κ2) is 25.0. The van der Waals surface area contributed by atoms with E-state index < -0.39 is 26.0 Å². The van der Waals surface area contributed by atoms with Crippen molar-refractivity contribution in [3.63, 3.8) is 0 Å². The van der Waals surface area contributed by atoms with Crippen LogP contribution in [0.25, 0.3) is 0 Å². The van der Waals surface area contributed by atoms with E-state index >= 15 is 0 Å². The first-order valence-corrected chi connectivity index (χ1v) is 17.5. The maximum atomic E-state index is 12.1. The van der Waals surface area contributed by atoms with Gasteiger partial charge in [0.05, 0.1) is 12.7 Å². The second-order valence-corrected chi connectivity index (χ2v) is 12.2. The Kier molecular flexibility index (Phi) is 21.2. The average Bonchev–Trinajstić information content (AvgIpc) is 3.52. The first-order valence-electron chi connectivity index (χ1n) is 16.3. The Morgan fingerprint density at radius 1 is 0.935 bits per heavy atom. The predicted octanol–water partition coefficient (Wildman–Crippen LogP) is 6.60. The van der Waals surface area contributed by atoms with Crippen LogP contribution in [-0.4, -0.2) is 48.4 Å². The molecule has 1 aliphatic heterocycles. The summed E-state index contributed by atoms with van der Waals surface area (Å²) in [5.74, 6) is 0.00197. The van der Waals surface area contributed by atoms with Gasteiger partial charge in [0.15, 0.2) is 0 Å². The molecule has 0 aromatic carbocycles. The van der Waals surface area contributed by atoms with Crippen LogP contribution in [0, 0.1) is 6.92 Å². The Hall–Kier alpha value is -3.14. The van der Waals surface area contributed by atoms with Gasteiger partial charge in [0.1, 0.15) is 6.23 Å². The minimum Gasteiger partial charge on any atom is -0.355 e. The van der Waals surface area contributed by atoms with E-state index in [1.165, 1.54) is 10.8 Å². The van der Waals surface area contributed by atoms with Crippen molar-refractivity contribution < 1.29 is 18.6 Å². The van der Waals surface area contributed by atoms with Crippen molar-refractivity contribution in [2.24, 2.45) is 0 Å². The van der Waals surface area contributed by atoms with E-state index in [0.29, 0.717) is 44.5 Å². The van der Waals surface area contributed by atoms with Gasteiger partial charge in [0, 0.05) is 38.4 Å². The van der Waals surface area contributed by atoms with Gasteiger partial charge in [-0.3, -0.25) is 19.1 Å². The summed E-state index contributed by atoms with van der Waals surface area (Å²) in [6.45, 7) is 5.07. The fourth-order valence-corrected chi connectivity index (χ4v) is 5.34. The molecule has 2 heterocycles. The first-order chi connectivity index (χ1) is 22.4. The van der Waals surface area contributed by atoms with Crippen LogP contribution in [0.4, 0.5) is 0 Å². The molecule has 0 spiro atoms. The molecule has 1 aliphatic rings. The van der Waals surface area contributed by atoms with E-state index in [1.807, 2.05) is 6.08 Å². The molecule has 0 bridgehead atoms. The number of aryl methyl sites for hydroxylation is 1. The number of carbonyl (C=O) groups excluding carboxylic acids is 1. The van der Waals surface area contributed by atoms with E-state index in [-0.39, 0.29) is 12.0 Å². The van der Waals surface area contributed by atoms with Crippen LogP contribution in [0.5, 0.6) is 0 Å². The molecule has 0 radical (unpaired) electrons. The van der Waals surface area contributed by atoms with E-state index in [9.17, 15) is 14.4 Å². The minimum absolute atomic E-state index is 0.00197. The van der Waals surface area contributed by atoms with Gasteiger partial charge in [-0.15, -0.1) is 0 Å². The maximum absolute atomic E-state index is 12.1. The molecule has 1 saturated heterocycles. The van der Waals surface area contributed by atoms with Crippen molar-refractivity contribution in [1.29, 1.82) is 0 Å². The van der Waals surface area contributed by atoms with Crippen molar-refractivity contribution in [2.75, 3.05) is 26.8 Å². The third kappa shape index (κ3) is 17.5. The Morgan fingerprint density at radius 2 is 1.52 bits per heavy atom. The zero-order valence-corrected chi connectivity index (χ0v) is 28.6. The lowest BCUT2D eigenvalue weighted by Crippen LogP contribution is -2.33. The third-order valence-electron chi connectivity index (χ3n) is 6.91. The lowest BCUT2D eigenvalue weighted by atomic mass is 10.2. The highest BCUT2D eigenvalue weighted by Gasteiger charge is 2.28. The Bertz CT molecular complexity index is 1300. The second-order valence-electron chi connectivity index (χ2n) is 10.7. The molecule has 10 nitrogen and oxygen atoms in total. The van der Waals surface area contributed by atoms with Gasteiger partial charge >= 0.3 is 5.69 Å². The van der Waals surface area contributed by atoms with Crippen molar-refractivity contribution >= 4 is 14.4 Å². The van der Waals surface area contributed by atoms with Gasteiger partial charge in [0.25, 0.3) is 14.1 Å². The summed E-state index contributed by atoms with van der Waals surface area (Å²) >= 11 is 0. The van der Waals surface area contributed by atoms with E-state index in [4.69, 9.17) is 13.8 Å². The molecule has 1 aromatic heterocycles. The highest BCUT2D eigenvalue weighted by Crippen LogP contribution is 2.35. The number of rotatable bonds is 23. The summed E-state index contributed by atoms with van der Waals surface area (Å²) < 4.78 is 18.6. The number of allylic oxidation sites excluding steroid dienone is 12. The van der Waals surface area contributed by atoms with Crippen LogP contribution in [0.15, 0.2) is 88.7 Å². The van der Waals surface area contributed by atoms with Crippen LogP contribution in [-0.2, 0) is 18.6 Å². The van der Waals surface area contributed by atoms with Crippen molar-refractivity contribution in [3.05, 3.63) is 106 Å². The molecular formula is C35H53N4O6P. The zero-order valence-electron chi connectivity index (χ0n) is 27.7. The highest BCUT2D eigenvalue weighted by atomic mass is 31.2. The van der Waals surface area contributed by atoms with Crippen molar-refractivity contribution in [3.8, 4) is 0 Å². The molecule has 0 saturated carbocycles. The van der Waals surface area contributed by atoms with Gasteiger partial charge < -0.3 is 19.1 Å². The molecule has 46 heavy (non-hydrogen) atoms. The molecule has 11 heteroatoms. The standard InChI is InChI=1S/C35H53N4O6P/c1-4-5-6-7-8-9-10-11-12-13-14-15-16-17-18-19-20-21-22-23-32(40)36-26-27-37-46(43-3)44-29-31-24-25-33(45-31)39-28-30(2)34(41)38-35(39)42/h5-6,8-9,11-12,14-15,17-18,20-21,28,31,33,37H,4,7,10,13,16,19,22-27,29H2,1-3H3,(H,36,40)(H,38,41,42)/b6-5-,9-8-,12-11-,15-14-,18-17-,21-20-. The molecule has 2 rings (SSSR count). The lowest BCUT2D eigenvalue weighted by Gasteiger charge is -2.19. The van der Waals surface area contributed by atoms with Crippen LogP contribution in [0.3, 0.4) is 0 Å². The molecular weight excluding hydrogens is 603 g/mol. The molecule has 1 fully saturated rings. The largest absolute Gasteiger partial charge is 0.355 e. The Balaban J connectivity index is 1.47. The number of carbonyl (C=O) groups is 1. The molecule has 3 N–H and O–H groups in total. The third-order valence-corrected chi connectivity index (χ3v) is 8.10. The number of aromatic nitrogens is 2. The van der Waals surface area contributed by atoms with Crippen molar-refractivity contribution in [2.45, 2.75) is 90.4 Å². The van der Waals surface area contributed by atoms with Gasteiger partial charge in [-0.25, -0.2) is 9.88 Å². The quantitative estimate of drug-likeness (QED) is 0.0689. The summed E-state index contributed by atoms with van der Waals surface area (Å²) in [6.07, 6.45) is 35.2. The minimum atomic E-state index is -1.35. The summed E-state index contributed by atoms with van der Waals surface area (Å²) in [5, 5.41) is 6.07. The number of nitrogens with one attached hydrogen (secondary N) is 3. The number of aromatic amines is 1. The smallest absolute Gasteiger partial charge is 0.330 e. The van der Waals surface area contributed by atoms with Gasteiger partial charge in [-0.2, -0.15) is 0 Å². The van der Waals surface area contributed by atoms with Crippen LogP contribution >= 0.6 is 8.53 Å². The SMILES string of the molecule is CC/C=C\C/C=C\C/C=C\C/C=C\C/C=C\C/C=C\CCC(=O)NCCNP(OC)OCC1CCC(n2cc(C)c(=O)[nH]c2=O)O1. The average molecular weight is 657 g/mol. The van der Waals surface area contributed by atoms with Crippen LogP contribution in [0.2, 0.25) is 0 Å². The number of H-pyrrole nitrogens is 1. The summed E-state index contributed by atoms with van der Waals surface area (Å²) in [4.78, 5) is 38.2. The predicted molar refractivity (Wildman–Crippen MR) is 188 cm³/mol. The lowest BCUT2D eigenvalue weighted by molar-refractivity contribution is -0.120. The Morgan fingerprint density at radius 3 is 2.11 bits per heavy atom. The number of ether oxygens (including phenoxy) is 1. The van der Waals surface area contributed by atoms with Gasteiger partial charge in [-0.05, 0) is 64.7 Å². The highest BCUT2D eigenvalue weighted by molar-refractivity contribution is 7.44.